The number of hydrogen-bond donors (Lipinski definition) is 1. The third-order valence-electron chi connectivity index (χ3n) is 3.85. The largest absolute Gasteiger partial charge is 0.319 e. The van der Waals surface area contributed by atoms with E-state index in [1.807, 2.05) is 18.2 Å². The molecule has 27 heavy (non-hydrogen) atoms. The molecule has 1 N–H and O–H groups in total. The molecule has 4 aromatic rings. The Morgan fingerprint density at radius 2 is 1.70 bits per heavy atom. The topological polar surface area (TPSA) is 94.7 Å². The van der Waals surface area contributed by atoms with Gasteiger partial charge < -0.3 is 5.32 Å². The molecule has 2 aromatic heterocycles. The lowest BCUT2D eigenvalue weighted by Crippen LogP contribution is -2.25. The van der Waals surface area contributed by atoms with Gasteiger partial charge >= 0.3 is 0 Å². The first-order valence-electron chi connectivity index (χ1n) is 8.13. The van der Waals surface area contributed by atoms with E-state index in [9.17, 15) is 9.59 Å². The molecular formula is C19H14N6O2. The number of amides is 1. The van der Waals surface area contributed by atoms with E-state index in [-0.39, 0.29) is 11.3 Å². The van der Waals surface area contributed by atoms with Gasteiger partial charge in [-0.1, -0.05) is 30.3 Å². The number of nitrogens with one attached hydrogen (secondary N) is 1. The zero-order chi connectivity index (χ0) is 18.6. The van der Waals surface area contributed by atoms with Crippen LogP contribution in [0.3, 0.4) is 0 Å². The molecule has 0 aliphatic carbocycles. The molecule has 8 heteroatoms. The predicted molar refractivity (Wildman–Crippen MR) is 99.1 cm³/mol. The molecule has 8 nitrogen and oxygen atoms in total. The number of anilines is 1. The minimum absolute atomic E-state index is 0.117. The highest BCUT2D eigenvalue weighted by atomic mass is 16.2. The van der Waals surface area contributed by atoms with Crippen LogP contribution in [0.2, 0.25) is 0 Å². The van der Waals surface area contributed by atoms with Crippen LogP contribution in [-0.4, -0.2) is 30.5 Å². The summed E-state index contributed by atoms with van der Waals surface area (Å²) in [6.07, 6.45) is 2.95. The highest BCUT2D eigenvalue weighted by Gasteiger charge is 2.13. The van der Waals surface area contributed by atoms with Crippen molar-refractivity contribution < 1.29 is 4.79 Å². The van der Waals surface area contributed by atoms with Crippen molar-refractivity contribution in [1.82, 2.24) is 24.5 Å². The molecule has 0 atom stereocenters. The standard InChI is InChI=1S/C19H14N6O2/c26-18-11-10-16(23-25(18)14-6-2-1-3-7-14)19(27)22-15-8-4-5-9-17(15)24-13-20-12-21-24/h1-13H,(H,22,27). The molecule has 0 fully saturated rings. The van der Waals surface area contributed by atoms with E-state index in [1.54, 1.807) is 47.4 Å². The zero-order valence-corrected chi connectivity index (χ0v) is 14.1. The molecule has 1 amide bonds. The number of benzene rings is 2. The van der Waals surface area contributed by atoms with Crippen molar-refractivity contribution in [3.05, 3.63) is 95.4 Å². The van der Waals surface area contributed by atoms with Gasteiger partial charge in [-0.3, -0.25) is 9.59 Å². The fraction of sp³-hybridized carbons (Fsp3) is 0. The molecule has 0 radical (unpaired) electrons. The van der Waals surface area contributed by atoms with Crippen LogP contribution in [0.1, 0.15) is 10.5 Å². The Morgan fingerprint density at radius 3 is 2.48 bits per heavy atom. The van der Waals surface area contributed by atoms with Crippen LogP contribution in [0, 0.1) is 0 Å². The number of para-hydroxylation sites is 3. The lowest BCUT2D eigenvalue weighted by Gasteiger charge is -2.11. The Morgan fingerprint density at radius 1 is 0.926 bits per heavy atom. The van der Waals surface area contributed by atoms with Crippen molar-refractivity contribution >= 4 is 11.6 Å². The summed E-state index contributed by atoms with van der Waals surface area (Å²) < 4.78 is 2.74. The van der Waals surface area contributed by atoms with Gasteiger partial charge in [-0.15, -0.1) is 0 Å². The van der Waals surface area contributed by atoms with Gasteiger partial charge in [0.1, 0.15) is 18.3 Å². The normalized spacial score (nSPS) is 10.5. The SMILES string of the molecule is O=C(Nc1ccccc1-n1cncn1)c1ccc(=O)n(-c2ccccc2)n1. The zero-order valence-electron chi connectivity index (χ0n) is 14.1. The summed E-state index contributed by atoms with van der Waals surface area (Å²) in [5, 5.41) is 11.1. The van der Waals surface area contributed by atoms with Crippen molar-refractivity contribution in [2.24, 2.45) is 0 Å². The Bertz CT molecular complexity index is 1140. The molecule has 0 saturated heterocycles. The molecule has 2 aromatic carbocycles. The summed E-state index contributed by atoms with van der Waals surface area (Å²) in [5.74, 6) is -0.438. The van der Waals surface area contributed by atoms with Crippen molar-refractivity contribution in [2.75, 3.05) is 5.32 Å². The van der Waals surface area contributed by atoms with Crippen LogP contribution in [0.25, 0.3) is 11.4 Å². The number of hydrogen-bond acceptors (Lipinski definition) is 5. The fourth-order valence-corrected chi connectivity index (χ4v) is 2.58. The number of nitrogens with zero attached hydrogens (tertiary/aromatic N) is 5. The molecule has 0 aliphatic rings. The highest BCUT2D eigenvalue weighted by Crippen LogP contribution is 2.19. The average Bonchev–Trinajstić information content (AvgIpc) is 3.24. The van der Waals surface area contributed by atoms with Crippen LogP contribution >= 0.6 is 0 Å². The van der Waals surface area contributed by atoms with Crippen LogP contribution in [0.15, 0.2) is 84.2 Å². The van der Waals surface area contributed by atoms with Crippen molar-refractivity contribution in [3.8, 4) is 11.4 Å². The molecule has 0 unspecified atom stereocenters. The molecule has 4 rings (SSSR count). The van der Waals surface area contributed by atoms with Crippen LogP contribution in [0.5, 0.6) is 0 Å². The predicted octanol–water partition coefficient (Wildman–Crippen LogP) is 2.07. The Balaban J connectivity index is 1.67. The van der Waals surface area contributed by atoms with E-state index in [4.69, 9.17) is 0 Å². The first-order chi connectivity index (χ1) is 13.2. The third kappa shape index (κ3) is 3.36. The summed E-state index contributed by atoms with van der Waals surface area (Å²) >= 11 is 0. The Hall–Kier alpha value is -4.07. The molecule has 132 valence electrons. The maximum atomic E-state index is 12.7. The van der Waals surface area contributed by atoms with Crippen molar-refractivity contribution in [2.45, 2.75) is 0 Å². The monoisotopic (exact) mass is 358 g/mol. The van der Waals surface area contributed by atoms with Crippen LogP contribution in [-0.2, 0) is 0 Å². The van der Waals surface area contributed by atoms with Gasteiger partial charge in [-0.05, 0) is 30.3 Å². The first kappa shape index (κ1) is 16.4. The van der Waals surface area contributed by atoms with E-state index in [0.29, 0.717) is 17.1 Å². The highest BCUT2D eigenvalue weighted by molar-refractivity contribution is 6.03. The lowest BCUT2D eigenvalue weighted by atomic mass is 10.2. The molecule has 2 heterocycles. The molecular weight excluding hydrogens is 344 g/mol. The van der Waals surface area contributed by atoms with Gasteiger partial charge in [-0.25, -0.2) is 9.67 Å². The maximum Gasteiger partial charge on any atom is 0.276 e. The summed E-state index contributed by atoms with van der Waals surface area (Å²) in [4.78, 5) is 28.7. The second kappa shape index (κ2) is 7.04. The minimum atomic E-state index is -0.438. The van der Waals surface area contributed by atoms with E-state index in [1.165, 1.54) is 23.1 Å². The fourth-order valence-electron chi connectivity index (χ4n) is 2.58. The minimum Gasteiger partial charge on any atom is -0.319 e. The number of aromatic nitrogens is 5. The van der Waals surface area contributed by atoms with Crippen molar-refractivity contribution in [1.29, 1.82) is 0 Å². The van der Waals surface area contributed by atoms with E-state index < -0.39 is 5.91 Å². The van der Waals surface area contributed by atoms with Crippen LogP contribution in [0.4, 0.5) is 5.69 Å². The Kier molecular flexibility index (Phi) is 4.28. The van der Waals surface area contributed by atoms with Gasteiger partial charge in [0.25, 0.3) is 11.5 Å². The molecule has 0 aliphatic heterocycles. The second-order valence-electron chi connectivity index (χ2n) is 5.62. The number of carbonyl (C=O) groups excluding carboxylic acids is 1. The lowest BCUT2D eigenvalue weighted by molar-refractivity contribution is 0.102. The second-order valence-corrected chi connectivity index (χ2v) is 5.62. The summed E-state index contributed by atoms with van der Waals surface area (Å²) in [6.45, 7) is 0. The molecule has 0 saturated carbocycles. The summed E-state index contributed by atoms with van der Waals surface area (Å²) in [5.41, 5.74) is 1.60. The summed E-state index contributed by atoms with van der Waals surface area (Å²) in [6, 6.07) is 18.8. The van der Waals surface area contributed by atoms with Gasteiger partial charge in [-0.2, -0.15) is 14.9 Å². The number of rotatable bonds is 4. The van der Waals surface area contributed by atoms with Gasteiger partial charge in [0, 0.05) is 6.07 Å². The van der Waals surface area contributed by atoms with Gasteiger partial charge in [0.15, 0.2) is 0 Å². The maximum absolute atomic E-state index is 12.7. The van der Waals surface area contributed by atoms with E-state index in [0.717, 1.165) is 0 Å². The quantitative estimate of drug-likeness (QED) is 0.603. The van der Waals surface area contributed by atoms with Crippen LogP contribution < -0.4 is 10.9 Å². The van der Waals surface area contributed by atoms with Gasteiger partial charge in [0.2, 0.25) is 0 Å². The first-order valence-corrected chi connectivity index (χ1v) is 8.13. The average molecular weight is 358 g/mol. The Labute approximate surface area is 153 Å². The molecule has 0 bridgehead atoms. The number of carbonyl (C=O) groups is 1. The van der Waals surface area contributed by atoms with Crippen molar-refractivity contribution in [3.63, 3.8) is 0 Å². The van der Waals surface area contributed by atoms with Gasteiger partial charge in [0.05, 0.1) is 17.1 Å². The van der Waals surface area contributed by atoms with E-state index in [2.05, 4.69) is 20.5 Å². The smallest absolute Gasteiger partial charge is 0.276 e. The summed E-state index contributed by atoms with van der Waals surface area (Å²) in [7, 11) is 0. The van der Waals surface area contributed by atoms with E-state index >= 15 is 0 Å². The third-order valence-corrected chi connectivity index (χ3v) is 3.85. The molecule has 0 spiro atoms.